The summed E-state index contributed by atoms with van der Waals surface area (Å²) in [5.41, 5.74) is 7.51. The number of thiazole rings is 1. The number of ether oxygens (including phenoxy) is 1. The second-order valence-corrected chi connectivity index (χ2v) is 9.26. The molecule has 1 aromatic carbocycles. The normalized spacial score (nSPS) is 13.9. The third kappa shape index (κ3) is 3.73. The van der Waals surface area contributed by atoms with E-state index in [1.165, 1.54) is 30.5 Å². The Kier molecular flexibility index (Phi) is 5.00. The molecule has 1 fully saturated rings. The lowest BCUT2D eigenvalue weighted by Gasteiger charge is -2.16. The zero-order valence-corrected chi connectivity index (χ0v) is 19.2. The van der Waals surface area contributed by atoms with Crippen molar-refractivity contribution >= 4 is 56.5 Å². The van der Waals surface area contributed by atoms with Crippen LogP contribution < -0.4 is 15.4 Å². The molecule has 166 valence electrons. The van der Waals surface area contributed by atoms with Crippen molar-refractivity contribution in [1.82, 2.24) is 24.5 Å². The summed E-state index contributed by atoms with van der Waals surface area (Å²) in [5.74, 6) is 2.86. The van der Waals surface area contributed by atoms with Crippen molar-refractivity contribution in [3.05, 3.63) is 58.3 Å². The molecule has 0 bridgehead atoms. The fourth-order valence-corrected chi connectivity index (χ4v) is 5.10. The number of aromatic nitrogens is 5. The maximum Gasteiger partial charge on any atom is 0.152 e. The largest absolute Gasteiger partial charge is 0.486 e. The minimum absolute atomic E-state index is 0.348. The number of fused-ring (bicyclic) bond motifs is 2. The van der Waals surface area contributed by atoms with Gasteiger partial charge in [0.1, 0.15) is 41.1 Å². The Labute approximate surface area is 198 Å². The van der Waals surface area contributed by atoms with Crippen molar-refractivity contribution in [2.24, 2.45) is 0 Å². The number of nitrogens with zero attached hydrogens (tertiary/aromatic N) is 6. The summed E-state index contributed by atoms with van der Waals surface area (Å²) >= 11 is 7.85. The molecule has 5 aromatic rings. The minimum atomic E-state index is 0.348. The molecule has 4 aromatic heterocycles. The highest BCUT2D eigenvalue weighted by atomic mass is 35.5. The van der Waals surface area contributed by atoms with E-state index >= 15 is 0 Å². The molecule has 10 heteroatoms. The predicted octanol–water partition coefficient (Wildman–Crippen LogP) is 4.84. The van der Waals surface area contributed by atoms with Gasteiger partial charge in [0.2, 0.25) is 0 Å². The molecule has 0 radical (unpaired) electrons. The van der Waals surface area contributed by atoms with E-state index in [0.717, 1.165) is 40.6 Å². The lowest BCUT2D eigenvalue weighted by molar-refractivity contribution is 0.306. The number of hydrogen-bond acceptors (Lipinski definition) is 8. The summed E-state index contributed by atoms with van der Waals surface area (Å²) < 4.78 is 7.85. The van der Waals surface area contributed by atoms with E-state index in [2.05, 4.69) is 27.0 Å². The molecule has 1 aliphatic rings. The van der Waals surface area contributed by atoms with Gasteiger partial charge in [-0.15, -0.1) is 11.3 Å². The van der Waals surface area contributed by atoms with Crippen molar-refractivity contribution in [3.8, 4) is 11.6 Å². The molecule has 5 heterocycles. The average Bonchev–Trinajstić information content (AvgIpc) is 3.58. The Morgan fingerprint density at radius 2 is 1.91 bits per heavy atom. The molecule has 0 amide bonds. The van der Waals surface area contributed by atoms with Crippen LogP contribution in [0.25, 0.3) is 27.8 Å². The maximum atomic E-state index is 6.34. The molecule has 0 aliphatic carbocycles. The average molecular weight is 478 g/mol. The van der Waals surface area contributed by atoms with Crippen LogP contribution in [0.1, 0.15) is 17.8 Å². The molecule has 1 aliphatic heterocycles. The minimum Gasteiger partial charge on any atom is -0.486 e. The van der Waals surface area contributed by atoms with Gasteiger partial charge in [-0.1, -0.05) is 11.6 Å². The summed E-state index contributed by atoms with van der Waals surface area (Å²) in [4.78, 5) is 20.2. The molecular weight excluding hydrogens is 458 g/mol. The highest BCUT2D eigenvalue weighted by Gasteiger charge is 2.16. The number of benzene rings is 1. The van der Waals surface area contributed by atoms with E-state index in [0.29, 0.717) is 34.3 Å². The number of hydrogen-bond donors (Lipinski definition) is 1. The Morgan fingerprint density at radius 1 is 1.06 bits per heavy atom. The first-order valence-electron chi connectivity index (χ1n) is 10.7. The fourth-order valence-electron chi connectivity index (χ4n) is 4.14. The predicted molar refractivity (Wildman–Crippen MR) is 131 cm³/mol. The van der Waals surface area contributed by atoms with E-state index in [4.69, 9.17) is 32.0 Å². The molecular formula is C23H20ClN7OS. The molecule has 33 heavy (non-hydrogen) atoms. The van der Waals surface area contributed by atoms with Crippen LogP contribution in [0.15, 0.2) is 48.2 Å². The van der Waals surface area contributed by atoms with Crippen LogP contribution in [0, 0.1) is 0 Å². The SMILES string of the molecule is Nc1ncnc2c1c(Cl)cn2-c1csc(COc2ccc3ccc(N4CCCC4)nc3c2)n1. The maximum absolute atomic E-state index is 6.34. The molecule has 1 saturated heterocycles. The van der Waals surface area contributed by atoms with Crippen LogP contribution in [-0.4, -0.2) is 37.6 Å². The van der Waals surface area contributed by atoms with Crippen LogP contribution in [0.5, 0.6) is 5.75 Å². The lowest BCUT2D eigenvalue weighted by Crippen LogP contribution is -2.18. The van der Waals surface area contributed by atoms with Crippen molar-refractivity contribution in [2.75, 3.05) is 23.7 Å². The summed E-state index contributed by atoms with van der Waals surface area (Å²) in [5, 5.41) is 4.99. The van der Waals surface area contributed by atoms with Crippen molar-refractivity contribution in [1.29, 1.82) is 0 Å². The standard InChI is InChI=1S/C23H20ClN7OS/c24-16-10-31(23-21(16)22(25)26-13-27-23)19-12-33-20(29-19)11-32-15-5-3-14-4-6-18(28-17(14)9-15)30-7-1-2-8-30/h3-6,9-10,12-13H,1-2,7-8,11H2,(H2,25,26,27). The van der Waals surface area contributed by atoms with Crippen molar-refractivity contribution < 1.29 is 4.74 Å². The van der Waals surface area contributed by atoms with Gasteiger partial charge >= 0.3 is 0 Å². The molecule has 0 spiro atoms. The first-order chi connectivity index (χ1) is 16.2. The number of rotatable bonds is 5. The first-order valence-corrected chi connectivity index (χ1v) is 11.9. The molecule has 0 unspecified atom stereocenters. The highest BCUT2D eigenvalue weighted by Crippen LogP contribution is 2.31. The number of nitrogens with two attached hydrogens (primary N) is 1. The number of pyridine rings is 1. The van der Waals surface area contributed by atoms with Crippen LogP contribution in [0.3, 0.4) is 0 Å². The van der Waals surface area contributed by atoms with Gasteiger partial charge in [0, 0.05) is 36.1 Å². The Balaban J connectivity index is 1.22. The quantitative estimate of drug-likeness (QED) is 0.387. The van der Waals surface area contributed by atoms with Crippen LogP contribution in [-0.2, 0) is 6.61 Å². The van der Waals surface area contributed by atoms with Gasteiger partial charge in [0.15, 0.2) is 5.65 Å². The van der Waals surface area contributed by atoms with Crippen LogP contribution in [0.2, 0.25) is 5.02 Å². The van der Waals surface area contributed by atoms with Crippen LogP contribution >= 0.6 is 22.9 Å². The molecule has 8 nitrogen and oxygen atoms in total. The van der Waals surface area contributed by atoms with E-state index in [1.807, 2.05) is 28.1 Å². The Hall–Kier alpha value is -3.43. The van der Waals surface area contributed by atoms with Crippen molar-refractivity contribution in [3.63, 3.8) is 0 Å². The fraction of sp³-hybridized carbons (Fsp3) is 0.217. The molecule has 2 N–H and O–H groups in total. The summed E-state index contributed by atoms with van der Waals surface area (Å²) in [7, 11) is 0. The van der Waals surface area contributed by atoms with Gasteiger partial charge in [-0.2, -0.15) is 0 Å². The number of anilines is 2. The van der Waals surface area contributed by atoms with E-state index in [1.54, 1.807) is 6.20 Å². The zero-order chi connectivity index (χ0) is 22.4. The van der Waals surface area contributed by atoms with Crippen molar-refractivity contribution in [2.45, 2.75) is 19.4 Å². The first kappa shape index (κ1) is 20.2. The van der Waals surface area contributed by atoms with Gasteiger partial charge in [0.25, 0.3) is 0 Å². The van der Waals surface area contributed by atoms with E-state index in [-0.39, 0.29) is 0 Å². The zero-order valence-electron chi connectivity index (χ0n) is 17.6. The summed E-state index contributed by atoms with van der Waals surface area (Å²) in [6.45, 7) is 2.50. The second kappa shape index (κ2) is 8.17. The molecule has 6 rings (SSSR count). The van der Waals surface area contributed by atoms with Gasteiger partial charge in [0.05, 0.1) is 15.9 Å². The van der Waals surface area contributed by atoms with E-state index < -0.39 is 0 Å². The highest BCUT2D eigenvalue weighted by molar-refractivity contribution is 7.09. The van der Waals surface area contributed by atoms with Gasteiger partial charge < -0.3 is 15.4 Å². The second-order valence-electron chi connectivity index (χ2n) is 7.91. The third-order valence-corrected chi connectivity index (χ3v) is 6.89. The third-order valence-electron chi connectivity index (χ3n) is 5.79. The topological polar surface area (TPSA) is 95.0 Å². The van der Waals surface area contributed by atoms with Gasteiger partial charge in [-0.25, -0.2) is 19.9 Å². The lowest BCUT2D eigenvalue weighted by atomic mass is 10.2. The van der Waals surface area contributed by atoms with Gasteiger partial charge in [-0.05, 0) is 37.1 Å². The van der Waals surface area contributed by atoms with E-state index in [9.17, 15) is 0 Å². The summed E-state index contributed by atoms with van der Waals surface area (Å²) in [6.07, 6.45) is 5.63. The monoisotopic (exact) mass is 477 g/mol. The van der Waals surface area contributed by atoms with Crippen LogP contribution in [0.4, 0.5) is 11.6 Å². The summed E-state index contributed by atoms with van der Waals surface area (Å²) in [6, 6.07) is 10.2. The van der Waals surface area contributed by atoms with Gasteiger partial charge in [-0.3, -0.25) is 4.57 Å². The molecule has 0 atom stereocenters. The number of nitrogen functional groups attached to an aromatic ring is 1. The number of halogens is 1. The Morgan fingerprint density at radius 3 is 2.79 bits per heavy atom. The Bertz CT molecular complexity index is 1470. The molecule has 0 saturated carbocycles. The smallest absolute Gasteiger partial charge is 0.152 e.